The summed E-state index contributed by atoms with van der Waals surface area (Å²) in [6.45, 7) is 2.08. The van der Waals surface area contributed by atoms with Crippen LogP contribution in [-0.4, -0.2) is 61.6 Å². The first-order chi connectivity index (χ1) is 7.20. The number of carbonyl (C=O) groups is 2. The molecule has 0 bridgehead atoms. The summed E-state index contributed by atoms with van der Waals surface area (Å²) < 4.78 is 4.69. The number of carbonyl (C=O) groups excluding carboxylic acids is 2. The molecule has 1 saturated heterocycles. The number of esters is 1. The molecule has 86 valence electrons. The lowest BCUT2D eigenvalue weighted by molar-refractivity contribution is -0.665. The predicted molar refractivity (Wildman–Crippen MR) is 57.6 cm³/mol. The summed E-state index contributed by atoms with van der Waals surface area (Å²) in [6.07, 6.45) is 1.88. The van der Waals surface area contributed by atoms with E-state index >= 15 is 0 Å². The Hall–Kier alpha value is -0.750. The van der Waals surface area contributed by atoms with Crippen molar-refractivity contribution in [1.29, 1.82) is 0 Å². The Labute approximate surface area is 93.5 Å². The highest BCUT2D eigenvalue weighted by Crippen LogP contribution is 2.06. The summed E-state index contributed by atoms with van der Waals surface area (Å²) >= 11 is 1.47. The summed E-state index contributed by atoms with van der Waals surface area (Å²) in [6, 6.07) is -0.414. The number of nitrogens with zero attached hydrogens (tertiary/aromatic N) is 1. The Kier molecular flexibility index (Phi) is 4.90. The van der Waals surface area contributed by atoms with E-state index in [9.17, 15) is 9.59 Å². The Bertz CT molecular complexity index is 248. The second-order valence-corrected chi connectivity index (χ2v) is 4.24. The first-order valence-electron chi connectivity index (χ1n) is 4.88. The summed E-state index contributed by atoms with van der Waals surface area (Å²) in [4.78, 5) is 24.8. The highest BCUT2D eigenvalue weighted by molar-refractivity contribution is 7.99. The molecule has 1 fully saturated rings. The molecule has 0 radical (unpaired) electrons. The van der Waals surface area contributed by atoms with Gasteiger partial charge < -0.3 is 15.0 Å². The minimum Gasteiger partial charge on any atom is -0.467 e. The van der Waals surface area contributed by atoms with Gasteiger partial charge in [-0.2, -0.15) is 11.8 Å². The van der Waals surface area contributed by atoms with Crippen molar-refractivity contribution < 1.29 is 19.6 Å². The van der Waals surface area contributed by atoms with Crippen molar-refractivity contribution in [2.45, 2.75) is 6.04 Å². The van der Waals surface area contributed by atoms with Gasteiger partial charge in [-0.05, 0) is 6.26 Å². The highest BCUT2D eigenvalue weighted by atomic mass is 32.2. The standard InChI is InChI=1S/C9H16N2O3S/c1-14-9(13)7-5-10-3-4-11(7)8(12)6-15-2/h7,10H,3-6H2,1-2H3/p+1/t7-/m1/s1. The van der Waals surface area contributed by atoms with Gasteiger partial charge >= 0.3 is 5.97 Å². The van der Waals surface area contributed by atoms with Crippen LogP contribution in [0.4, 0.5) is 0 Å². The van der Waals surface area contributed by atoms with Gasteiger partial charge in [-0.25, -0.2) is 4.79 Å². The number of amides is 1. The van der Waals surface area contributed by atoms with Gasteiger partial charge in [0.15, 0.2) is 6.04 Å². The molecule has 6 heteroatoms. The van der Waals surface area contributed by atoms with Gasteiger partial charge in [0.2, 0.25) is 5.91 Å². The molecule has 15 heavy (non-hydrogen) atoms. The van der Waals surface area contributed by atoms with Crippen LogP contribution in [0.2, 0.25) is 0 Å². The highest BCUT2D eigenvalue weighted by Gasteiger charge is 2.34. The molecule has 0 aromatic rings. The van der Waals surface area contributed by atoms with Gasteiger partial charge in [-0.1, -0.05) is 0 Å². The third kappa shape index (κ3) is 3.10. The van der Waals surface area contributed by atoms with Crippen molar-refractivity contribution in [3.8, 4) is 0 Å². The smallest absolute Gasteiger partial charge is 0.334 e. The van der Waals surface area contributed by atoms with E-state index in [1.54, 1.807) is 4.90 Å². The van der Waals surface area contributed by atoms with E-state index in [0.717, 1.165) is 6.54 Å². The van der Waals surface area contributed by atoms with E-state index in [1.807, 2.05) is 11.6 Å². The quantitative estimate of drug-likeness (QED) is 0.590. The third-order valence-electron chi connectivity index (χ3n) is 2.40. The van der Waals surface area contributed by atoms with Gasteiger partial charge in [0, 0.05) is 0 Å². The number of hydrogen-bond acceptors (Lipinski definition) is 4. The van der Waals surface area contributed by atoms with Crippen molar-refractivity contribution in [2.24, 2.45) is 0 Å². The maximum Gasteiger partial charge on any atom is 0.334 e. The van der Waals surface area contributed by atoms with Crippen LogP contribution in [0.15, 0.2) is 0 Å². The molecule has 0 aliphatic carbocycles. The average molecular weight is 233 g/mol. The van der Waals surface area contributed by atoms with E-state index in [0.29, 0.717) is 18.8 Å². The zero-order valence-electron chi connectivity index (χ0n) is 9.06. The molecule has 2 N–H and O–H groups in total. The van der Waals surface area contributed by atoms with Crippen LogP contribution in [0.1, 0.15) is 0 Å². The van der Waals surface area contributed by atoms with Crippen molar-refractivity contribution in [3.63, 3.8) is 0 Å². The fourth-order valence-corrected chi connectivity index (χ4v) is 2.07. The zero-order valence-corrected chi connectivity index (χ0v) is 9.88. The molecule has 5 nitrogen and oxygen atoms in total. The van der Waals surface area contributed by atoms with Crippen LogP contribution >= 0.6 is 11.8 Å². The minimum absolute atomic E-state index is 0.0194. The van der Waals surface area contributed by atoms with Crippen LogP contribution in [0, 0.1) is 0 Å². The van der Waals surface area contributed by atoms with Gasteiger partial charge in [0.1, 0.15) is 6.54 Å². The number of hydrogen-bond donors (Lipinski definition) is 1. The van der Waals surface area contributed by atoms with E-state index in [4.69, 9.17) is 0 Å². The fourth-order valence-electron chi connectivity index (χ4n) is 1.65. The SMILES string of the molecule is COC(=O)[C@H]1C[NH2+]CCN1C(=O)CSC. The number of methoxy groups -OCH3 is 1. The summed E-state index contributed by atoms with van der Waals surface area (Å²) in [5, 5.41) is 2.03. The lowest BCUT2D eigenvalue weighted by atomic mass is 10.2. The van der Waals surface area contributed by atoms with Crippen LogP contribution in [0.5, 0.6) is 0 Å². The normalized spacial score (nSPS) is 21.2. The Morgan fingerprint density at radius 1 is 1.60 bits per heavy atom. The summed E-state index contributed by atoms with van der Waals surface area (Å²) in [7, 11) is 1.36. The van der Waals surface area contributed by atoms with Crippen molar-refractivity contribution in [2.75, 3.05) is 38.8 Å². The largest absolute Gasteiger partial charge is 0.467 e. The molecule has 1 heterocycles. The fraction of sp³-hybridized carbons (Fsp3) is 0.778. The van der Waals surface area contributed by atoms with E-state index in [1.165, 1.54) is 18.9 Å². The number of quaternary nitrogens is 1. The average Bonchev–Trinajstić information content (AvgIpc) is 2.28. The third-order valence-corrected chi connectivity index (χ3v) is 2.94. The monoisotopic (exact) mass is 233 g/mol. The van der Waals surface area contributed by atoms with E-state index in [-0.39, 0.29) is 11.9 Å². The Balaban J connectivity index is 2.65. The van der Waals surface area contributed by atoms with E-state index < -0.39 is 6.04 Å². The maximum atomic E-state index is 11.7. The second-order valence-electron chi connectivity index (χ2n) is 3.37. The van der Waals surface area contributed by atoms with Crippen LogP contribution < -0.4 is 5.32 Å². The summed E-state index contributed by atoms with van der Waals surface area (Å²) in [5.41, 5.74) is 0. The number of ether oxygens (including phenoxy) is 1. The van der Waals surface area contributed by atoms with Crippen molar-refractivity contribution in [3.05, 3.63) is 0 Å². The van der Waals surface area contributed by atoms with Crippen LogP contribution in [0.25, 0.3) is 0 Å². The molecular formula is C9H17N2O3S+. The Morgan fingerprint density at radius 2 is 2.33 bits per heavy atom. The molecule has 1 aliphatic rings. The topological polar surface area (TPSA) is 63.2 Å². The number of nitrogens with two attached hydrogens (primary N) is 1. The second kappa shape index (κ2) is 5.97. The van der Waals surface area contributed by atoms with Crippen LogP contribution in [0.3, 0.4) is 0 Å². The summed E-state index contributed by atoms with van der Waals surface area (Å²) in [5.74, 6) is 0.124. The Morgan fingerprint density at radius 3 is 2.93 bits per heavy atom. The lowest BCUT2D eigenvalue weighted by Crippen LogP contribution is -2.92. The number of piperazine rings is 1. The van der Waals surface area contributed by atoms with Gasteiger partial charge in [-0.15, -0.1) is 0 Å². The molecule has 0 saturated carbocycles. The molecule has 0 unspecified atom stereocenters. The van der Waals surface area contributed by atoms with Crippen molar-refractivity contribution in [1.82, 2.24) is 4.90 Å². The molecule has 0 spiro atoms. The van der Waals surface area contributed by atoms with Gasteiger partial charge in [0.05, 0.1) is 26.0 Å². The van der Waals surface area contributed by atoms with Crippen LogP contribution in [-0.2, 0) is 14.3 Å². The van der Waals surface area contributed by atoms with Crippen molar-refractivity contribution >= 4 is 23.6 Å². The molecule has 0 aromatic heterocycles. The number of rotatable bonds is 3. The molecule has 1 aliphatic heterocycles. The van der Waals surface area contributed by atoms with Gasteiger partial charge in [-0.3, -0.25) is 4.79 Å². The molecule has 0 aromatic carbocycles. The first-order valence-corrected chi connectivity index (χ1v) is 6.28. The lowest BCUT2D eigenvalue weighted by Gasteiger charge is -2.31. The molecular weight excluding hydrogens is 216 g/mol. The molecule has 1 atom stereocenters. The number of thioether (sulfide) groups is 1. The molecule has 1 amide bonds. The van der Waals surface area contributed by atoms with E-state index in [2.05, 4.69) is 4.74 Å². The first kappa shape index (κ1) is 12.3. The maximum absolute atomic E-state index is 11.7. The zero-order chi connectivity index (χ0) is 11.3. The molecule has 1 rings (SSSR count). The minimum atomic E-state index is -0.414. The predicted octanol–water partition coefficient (Wildman–Crippen LogP) is -1.70. The van der Waals surface area contributed by atoms with Gasteiger partial charge in [0.25, 0.3) is 0 Å².